The maximum atomic E-state index is 13.0. The number of amides is 2. The van der Waals surface area contributed by atoms with E-state index in [1.807, 2.05) is 0 Å². The Morgan fingerprint density at radius 1 is 1.13 bits per heavy atom. The van der Waals surface area contributed by atoms with Crippen LogP contribution in [0.3, 0.4) is 0 Å². The fraction of sp³-hybridized carbons (Fsp3) is 0.182. The third kappa shape index (κ3) is 4.77. The van der Waals surface area contributed by atoms with Gasteiger partial charge in [0.1, 0.15) is 5.76 Å². The lowest BCUT2D eigenvalue weighted by Gasteiger charge is -2.29. The first-order valence-electron chi connectivity index (χ1n) is 9.35. The number of halogens is 3. The Morgan fingerprint density at radius 2 is 1.97 bits per heavy atom. The third-order valence-corrected chi connectivity index (χ3v) is 5.81. The van der Waals surface area contributed by atoms with Crippen molar-refractivity contribution in [2.45, 2.75) is 24.2 Å². The number of rotatable bonds is 5. The number of hydrogen-bond donors (Lipinski definition) is 1. The molecular formula is C22H17F3N2O3S. The summed E-state index contributed by atoms with van der Waals surface area (Å²) in [6, 6.07) is 13.3. The van der Waals surface area contributed by atoms with E-state index in [1.165, 1.54) is 29.0 Å². The fourth-order valence-corrected chi connectivity index (χ4v) is 4.14. The first-order valence-corrected chi connectivity index (χ1v) is 10.3. The lowest BCUT2D eigenvalue weighted by molar-refractivity contribution is -0.137. The topological polar surface area (TPSA) is 62.6 Å². The van der Waals surface area contributed by atoms with Crippen LogP contribution in [0, 0.1) is 0 Å². The third-order valence-electron chi connectivity index (χ3n) is 4.76. The molecule has 0 atom stereocenters. The van der Waals surface area contributed by atoms with Gasteiger partial charge in [-0.15, -0.1) is 11.8 Å². The molecule has 9 heteroatoms. The van der Waals surface area contributed by atoms with E-state index < -0.39 is 11.7 Å². The summed E-state index contributed by atoms with van der Waals surface area (Å²) in [6.45, 7) is 0.193. The van der Waals surface area contributed by atoms with Gasteiger partial charge in [0.05, 0.1) is 36.4 Å². The van der Waals surface area contributed by atoms with Crippen molar-refractivity contribution in [3.63, 3.8) is 0 Å². The first kappa shape index (κ1) is 21.0. The van der Waals surface area contributed by atoms with Gasteiger partial charge in [-0.25, -0.2) is 0 Å². The van der Waals surface area contributed by atoms with Crippen molar-refractivity contribution in [1.82, 2.24) is 5.32 Å². The van der Waals surface area contributed by atoms with E-state index in [0.29, 0.717) is 22.6 Å². The zero-order valence-electron chi connectivity index (χ0n) is 16.1. The summed E-state index contributed by atoms with van der Waals surface area (Å²) >= 11 is 1.33. The molecule has 2 amide bonds. The normalized spacial score (nSPS) is 13.8. The van der Waals surface area contributed by atoms with Gasteiger partial charge < -0.3 is 14.6 Å². The Labute approximate surface area is 180 Å². The van der Waals surface area contributed by atoms with Crippen molar-refractivity contribution in [3.05, 3.63) is 83.3 Å². The molecule has 3 aromatic rings. The molecule has 0 bridgehead atoms. The van der Waals surface area contributed by atoms with Gasteiger partial charge >= 0.3 is 6.18 Å². The van der Waals surface area contributed by atoms with Crippen LogP contribution in [-0.2, 0) is 24.1 Å². The Balaban J connectivity index is 1.58. The van der Waals surface area contributed by atoms with Gasteiger partial charge in [-0.1, -0.05) is 12.1 Å². The molecule has 0 spiro atoms. The standard InChI is InChI=1S/C22H17F3N2O3S/c23-22(24,25)16-4-1-3-14(9-16)12-27-18-10-15(6-7-19(18)31-13-20(27)28)21(29)26-11-17-5-2-8-30-17/h1-10H,11-13H2,(H,26,29). The smallest absolute Gasteiger partial charge is 0.416 e. The number of anilines is 1. The van der Waals surface area contributed by atoms with Gasteiger partial charge in [0, 0.05) is 10.5 Å². The van der Waals surface area contributed by atoms with Crippen molar-refractivity contribution in [3.8, 4) is 0 Å². The number of fused-ring (bicyclic) bond motifs is 1. The van der Waals surface area contributed by atoms with Crippen LogP contribution in [0.25, 0.3) is 0 Å². The van der Waals surface area contributed by atoms with Crippen LogP contribution in [0.4, 0.5) is 18.9 Å². The number of nitrogens with one attached hydrogen (secondary N) is 1. The zero-order valence-corrected chi connectivity index (χ0v) is 16.9. The molecule has 0 aliphatic carbocycles. The molecule has 0 unspecified atom stereocenters. The van der Waals surface area contributed by atoms with Gasteiger partial charge in [0.25, 0.3) is 5.91 Å². The number of thioether (sulfide) groups is 1. The molecule has 31 heavy (non-hydrogen) atoms. The maximum Gasteiger partial charge on any atom is 0.416 e. The van der Waals surface area contributed by atoms with Gasteiger partial charge in [-0.2, -0.15) is 13.2 Å². The summed E-state index contributed by atoms with van der Waals surface area (Å²) in [5, 5.41) is 2.74. The Hall–Kier alpha value is -3.20. The molecule has 0 saturated carbocycles. The predicted molar refractivity (Wildman–Crippen MR) is 110 cm³/mol. The van der Waals surface area contributed by atoms with Gasteiger partial charge in [0.2, 0.25) is 5.91 Å². The molecule has 1 aliphatic rings. The van der Waals surface area contributed by atoms with Crippen molar-refractivity contribution in [2.75, 3.05) is 10.7 Å². The highest BCUT2D eigenvalue weighted by Crippen LogP contribution is 2.37. The molecule has 5 nitrogen and oxygen atoms in total. The Kier molecular flexibility index (Phi) is 5.77. The molecule has 1 N–H and O–H groups in total. The zero-order chi connectivity index (χ0) is 22.0. The number of hydrogen-bond acceptors (Lipinski definition) is 4. The number of benzene rings is 2. The van der Waals surface area contributed by atoms with Crippen LogP contribution in [0.2, 0.25) is 0 Å². The SMILES string of the molecule is O=C(NCc1ccco1)c1ccc2c(c1)N(Cc1cccc(C(F)(F)F)c1)C(=O)CS2. The first-order chi connectivity index (χ1) is 14.8. The molecule has 2 aromatic carbocycles. The van der Waals surface area contributed by atoms with Crippen LogP contribution < -0.4 is 10.2 Å². The maximum absolute atomic E-state index is 13.0. The second-order valence-electron chi connectivity index (χ2n) is 6.91. The summed E-state index contributed by atoms with van der Waals surface area (Å²) in [5.74, 6) is 0.197. The van der Waals surface area contributed by atoms with Gasteiger partial charge in [-0.3, -0.25) is 9.59 Å². The minimum Gasteiger partial charge on any atom is -0.467 e. The van der Waals surface area contributed by atoms with E-state index in [0.717, 1.165) is 17.0 Å². The predicted octanol–water partition coefficient (Wildman–Crippen LogP) is 4.87. The number of carbonyl (C=O) groups is 2. The highest BCUT2D eigenvalue weighted by atomic mass is 32.2. The van der Waals surface area contributed by atoms with E-state index >= 15 is 0 Å². The van der Waals surface area contributed by atoms with E-state index in [4.69, 9.17) is 4.42 Å². The Bertz CT molecular complexity index is 1110. The molecule has 2 heterocycles. The van der Waals surface area contributed by atoms with Crippen molar-refractivity contribution in [2.24, 2.45) is 0 Å². The minimum absolute atomic E-state index is 0.0201. The molecule has 160 valence electrons. The van der Waals surface area contributed by atoms with Crippen molar-refractivity contribution in [1.29, 1.82) is 0 Å². The summed E-state index contributed by atoms with van der Waals surface area (Å²) < 4.78 is 44.3. The second kappa shape index (κ2) is 8.50. The van der Waals surface area contributed by atoms with Crippen LogP contribution in [0.1, 0.15) is 27.2 Å². The summed E-state index contributed by atoms with van der Waals surface area (Å²) in [7, 11) is 0. The molecular weight excluding hydrogens is 429 g/mol. The van der Waals surface area contributed by atoms with Gasteiger partial charge in [0.15, 0.2) is 0 Å². The summed E-state index contributed by atoms with van der Waals surface area (Å²) in [4.78, 5) is 27.3. The van der Waals surface area contributed by atoms with Crippen LogP contribution >= 0.6 is 11.8 Å². The molecule has 1 aliphatic heterocycles. The molecule has 1 aromatic heterocycles. The van der Waals surface area contributed by atoms with E-state index in [1.54, 1.807) is 36.4 Å². The summed E-state index contributed by atoms with van der Waals surface area (Å²) in [5.41, 5.74) is 0.433. The van der Waals surface area contributed by atoms with E-state index in [-0.39, 0.29) is 30.7 Å². The highest BCUT2D eigenvalue weighted by Gasteiger charge is 2.31. The molecule has 4 rings (SSSR count). The largest absolute Gasteiger partial charge is 0.467 e. The van der Waals surface area contributed by atoms with Crippen molar-refractivity contribution < 1.29 is 27.2 Å². The van der Waals surface area contributed by atoms with Crippen LogP contribution in [0.15, 0.2) is 70.2 Å². The fourth-order valence-electron chi connectivity index (χ4n) is 3.23. The number of furan rings is 1. The molecule has 0 fully saturated rings. The van der Waals surface area contributed by atoms with Crippen LogP contribution in [-0.4, -0.2) is 17.6 Å². The molecule has 0 saturated heterocycles. The van der Waals surface area contributed by atoms with E-state index in [2.05, 4.69) is 5.32 Å². The van der Waals surface area contributed by atoms with Crippen molar-refractivity contribution >= 4 is 29.3 Å². The van der Waals surface area contributed by atoms with Crippen LogP contribution in [0.5, 0.6) is 0 Å². The average molecular weight is 446 g/mol. The number of carbonyl (C=O) groups excluding carboxylic acids is 2. The highest BCUT2D eigenvalue weighted by molar-refractivity contribution is 8.00. The number of alkyl halides is 3. The minimum atomic E-state index is -4.46. The second-order valence-corrected chi connectivity index (χ2v) is 7.93. The molecule has 0 radical (unpaired) electrons. The lowest BCUT2D eigenvalue weighted by Crippen LogP contribution is -2.35. The monoisotopic (exact) mass is 446 g/mol. The Morgan fingerprint density at radius 3 is 2.71 bits per heavy atom. The lowest BCUT2D eigenvalue weighted by atomic mass is 10.1. The van der Waals surface area contributed by atoms with E-state index in [9.17, 15) is 22.8 Å². The summed E-state index contributed by atoms with van der Waals surface area (Å²) in [6.07, 6.45) is -2.95. The number of nitrogens with zero attached hydrogens (tertiary/aromatic N) is 1. The average Bonchev–Trinajstić information content (AvgIpc) is 3.27. The van der Waals surface area contributed by atoms with Gasteiger partial charge in [-0.05, 0) is 48.0 Å². The quantitative estimate of drug-likeness (QED) is 0.608.